The monoisotopic (exact) mass is 239 g/mol. The Bertz CT molecular complexity index is 208. The molecule has 96 valence electrons. The van der Waals surface area contributed by atoms with E-state index in [0.717, 1.165) is 19.3 Å². The Morgan fingerprint density at radius 2 is 2.06 bits per heavy atom. The van der Waals surface area contributed by atoms with Crippen LogP contribution in [0.25, 0.3) is 0 Å². The highest BCUT2D eigenvalue weighted by Gasteiger charge is 2.37. The van der Waals surface area contributed by atoms with Crippen molar-refractivity contribution in [3.63, 3.8) is 0 Å². The summed E-state index contributed by atoms with van der Waals surface area (Å²) in [7, 11) is 0. The molecular formula is C11H20F3NO. The molecule has 0 spiro atoms. The average molecular weight is 239 g/mol. The molecule has 0 saturated heterocycles. The lowest BCUT2D eigenvalue weighted by Gasteiger charge is -2.27. The molecule has 1 fully saturated rings. The van der Waals surface area contributed by atoms with E-state index in [2.05, 4.69) is 12.2 Å². The van der Waals surface area contributed by atoms with Gasteiger partial charge in [0.05, 0.1) is 0 Å². The predicted molar refractivity (Wildman–Crippen MR) is 56.1 cm³/mol. The van der Waals surface area contributed by atoms with Crippen LogP contribution in [0.1, 0.15) is 32.6 Å². The molecule has 3 unspecified atom stereocenters. The van der Waals surface area contributed by atoms with Gasteiger partial charge in [0.1, 0.15) is 0 Å². The molecule has 1 saturated carbocycles. The molecule has 0 aromatic carbocycles. The molecule has 0 heterocycles. The Labute approximate surface area is 94.2 Å². The standard InChI is InChI=1S/C11H20F3NO/c1-8-3-2-4-9(5-8)6-15-7-10(16)11(12,13)14/h8-10,15-16H,2-7H2,1H3. The van der Waals surface area contributed by atoms with Crippen LogP contribution in [0, 0.1) is 11.8 Å². The second-order valence-corrected chi connectivity index (χ2v) is 4.85. The van der Waals surface area contributed by atoms with E-state index in [4.69, 9.17) is 5.11 Å². The number of halogens is 3. The van der Waals surface area contributed by atoms with Gasteiger partial charge in [-0.25, -0.2) is 0 Å². The highest BCUT2D eigenvalue weighted by atomic mass is 19.4. The third kappa shape index (κ3) is 4.70. The predicted octanol–water partition coefficient (Wildman–Crippen LogP) is 2.33. The van der Waals surface area contributed by atoms with Gasteiger partial charge in [0.25, 0.3) is 0 Å². The summed E-state index contributed by atoms with van der Waals surface area (Å²) in [6.45, 7) is 2.36. The largest absolute Gasteiger partial charge is 0.415 e. The first-order valence-electron chi connectivity index (χ1n) is 5.85. The first-order valence-corrected chi connectivity index (χ1v) is 5.85. The van der Waals surface area contributed by atoms with Crippen molar-refractivity contribution >= 4 is 0 Å². The van der Waals surface area contributed by atoms with Crippen LogP contribution in [-0.2, 0) is 0 Å². The van der Waals surface area contributed by atoms with Gasteiger partial charge in [0, 0.05) is 6.54 Å². The van der Waals surface area contributed by atoms with Crippen LogP contribution in [0.4, 0.5) is 13.2 Å². The number of alkyl halides is 3. The summed E-state index contributed by atoms with van der Waals surface area (Å²) < 4.78 is 36.0. The van der Waals surface area contributed by atoms with Crippen LogP contribution in [0.3, 0.4) is 0 Å². The summed E-state index contributed by atoms with van der Waals surface area (Å²) >= 11 is 0. The SMILES string of the molecule is CC1CCCC(CNCC(O)C(F)(F)F)C1. The lowest BCUT2D eigenvalue weighted by atomic mass is 9.82. The first-order chi connectivity index (χ1) is 7.39. The molecule has 0 aromatic rings. The number of aliphatic hydroxyl groups excluding tert-OH is 1. The molecule has 16 heavy (non-hydrogen) atoms. The molecule has 0 amide bonds. The summed E-state index contributed by atoms with van der Waals surface area (Å²) in [6, 6.07) is 0. The second kappa shape index (κ2) is 5.87. The minimum absolute atomic E-state index is 0.394. The Morgan fingerprint density at radius 1 is 1.38 bits per heavy atom. The first kappa shape index (κ1) is 13.8. The fraction of sp³-hybridized carbons (Fsp3) is 1.00. The lowest BCUT2D eigenvalue weighted by molar-refractivity contribution is -0.201. The number of rotatable bonds is 4. The molecule has 0 bridgehead atoms. The summed E-state index contributed by atoms with van der Waals surface area (Å²) in [5, 5.41) is 11.5. The van der Waals surface area contributed by atoms with Gasteiger partial charge in [0.15, 0.2) is 6.10 Å². The molecule has 0 aliphatic heterocycles. The van der Waals surface area contributed by atoms with E-state index in [1.54, 1.807) is 0 Å². The van der Waals surface area contributed by atoms with E-state index in [0.29, 0.717) is 18.4 Å². The van der Waals surface area contributed by atoms with Gasteiger partial charge in [-0.1, -0.05) is 19.8 Å². The van der Waals surface area contributed by atoms with Crippen molar-refractivity contribution in [3.8, 4) is 0 Å². The van der Waals surface area contributed by atoms with Gasteiger partial charge in [-0.15, -0.1) is 0 Å². The highest BCUT2D eigenvalue weighted by molar-refractivity contribution is 4.74. The van der Waals surface area contributed by atoms with Crippen LogP contribution < -0.4 is 5.32 Å². The van der Waals surface area contributed by atoms with Crippen LogP contribution >= 0.6 is 0 Å². The van der Waals surface area contributed by atoms with Gasteiger partial charge in [-0.05, 0) is 31.2 Å². The lowest BCUT2D eigenvalue weighted by Crippen LogP contribution is -2.40. The van der Waals surface area contributed by atoms with Crippen molar-refractivity contribution in [1.29, 1.82) is 0 Å². The third-order valence-corrected chi connectivity index (χ3v) is 3.19. The normalized spacial score (nSPS) is 29.1. The minimum atomic E-state index is -4.51. The van der Waals surface area contributed by atoms with Gasteiger partial charge in [0.2, 0.25) is 0 Å². The van der Waals surface area contributed by atoms with Gasteiger partial charge in [-0.3, -0.25) is 0 Å². The molecule has 0 aromatic heterocycles. The van der Waals surface area contributed by atoms with Crippen LogP contribution in [0.2, 0.25) is 0 Å². The van der Waals surface area contributed by atoms with Gasteiger partial charge in [-0.2, -0.15) is 13.2 Å². The molecule has 1 aliphatic rings. The van der Waals surface area contributed by atoms with Crippen molar-refractivity contribution in [2.75, 3.05) is 13.1 Å². The molecule has 1 aliphatic carbocycles. The van der Waals surface area contributed by atoms with E-state index in [1.807, 2.05) is 0 Å². The molecule has 3 atom stereocenters. The van der Waals surface area contributed by atoms with Gasteiger partial charge >= 0.3 is 6.18 Å². The van der Waals surface area contributed by atoms with Crippen LogP contribution in [-0.4, -0.2) is 30.5 Å². The smallest absolute Gasteiger partial charge is 0.382 e. The zero-order valence-corrected chi connectivity index (χ0v) is 9.56. The Kier molecular flexibility index (Phi) is 5.05. The van der Waals surface area contributed by atoms with Crippen molar-refractivity contribution in [2.45, 2.75) is 44.9 Å². The number of nitrogens with one attached hydrogen (secondary N) is 1. The molecule has 1 rings (SSSR count). The van der Waals surface area contributed by atoms with E-state index >= 15 is 0 Å². The molecule has 2 nitrogen and oxygen atoms in total. The van der Waals surface area contributed by atoms with Crippen LogP contribution in [0.15, 0.2) is 0 Å². The maximum absolute atomic E-state index is 12.0. The fourth-order valence-electron chi connectivity index (χ4n) is 2.29. The number of hydrogen-bond donors (Lipinski definition) is 2. The van der Waals surface area contributed by atoms with Crippen molar-refractivity contribution < 1.29 is 18.3 Å². The van der Waals surface area contributed by atoms with E-state index in [9.17, 15) is 13.2 Å². The quantitative estimate of drug-likeness (QED) is 0.789. The maximum Gasteiger partial charge on any atom is 0.415 e. The summed E-state index contributed by atoms with van der Waals surface area (Å²) in [5.74, 6) is 1.14. The van der Waals surface area contributed by atoms with Gasteiger partial charge < -0.3 is 10.4 Å². The minimum Gasteiger partial charge on any atom is -0.382 e. The fourth-order valence-corrected chi connectivity index (χ4v) is 2.29. The average Bonchev–Trinajstić information content (AvgIpc) is 2.16. The third-order valence-electron chi connectivity index (χ3n) is 3.19. The second-order valence-electron chi connectivity index (χ2n) is 4.85. The van der Waals surface area contributed by atoms with Crippen LogP contribution in [0.5, 0.6) is 0 Å². The Morgan fingerprint density at radius 3 is 2.62 bits per heavy atom. The number of aliphatic hydroxyl groups is 1. The Hall–Kier alpha value is -0.290. The zero-order chi connectivity index (χ0) is 12.2. The van der Waals surface area contributed by atoms with Crippen molar-refractivity contribution in [2.24, 2.45) is 11.8 Å². The molecule has 0 radical (unpaired) electrons. The van der Waals surface area contributed by atoms with Crippen molar-refractivity contribution in [3.05, 3.63) is 0 Å². The Balaban J connectivity index is 2.15. The maximum atomic E-state index is 12.0. The zero-order valence-electron chi connectivity index (χ0n) is 9.56. The topological polar surface area (TPSA) is 32.3 Å². The molecule has 2 N–H and O–H groups in total. The van der Waals surface area contributed by atoms with Crippen molar-refractivity contribution in [1.82, 2.24) is 5.32 Å². The highest BCUT2D eigenvalue weighted by Crippen LogP contribution is 2.28. The summed E-state index contributed by atoms with van der Waals surface area (Å²) in [5.41, 5.74) is 0. The molecule has 5 heteroatoms. The number of hydrogen-bond acceptors (Lipinski definition) is 2. The van der Waals surface area contributed by atoms with E-state index in [1.165, 1.54) is 6.42 Å². The molecular weight excluding hydrogens is 219 g/mol. The van der Waals surface area contributed by atoms with E-state index in [-0.39, 0.29) is 0 Å². The van der Waals surface area contributed by atoms with E-state index < -0.39 is 18.8 Å². The summed E-state index contributed by atoms with van der Waals surface area (Å²) in [6.07, 6.45) is -2.20. The summed E-state index contributed by atoms with van der Waals surface area (Å²) in [4.78, 5) is 0.